The van der Waals surface area contributed by atoms with Gasteiger partial charge in [0.15, 0.2) is 5.58 Å². The Kier molecular flexibility index (Phi) is 5.01. The number of para-hydroxylation sites is 2. The molecule has 0 N–H and O–H groups in total. The van der Waals surface area contributed by atoms with Crippen LogP contribution in [0.2, 0.25) is 0 Å². The van der Waals surface area contributed by atoms with Gasteiger partial charge in [-0.3, -0.25) is 19.5 Å². The fourth-order valence-electron chi connectivity index (χ4n) is 6.12. The molecule has 36 heavy (non-hydrogen) atoms. The zero-order chi connectivity index (χ0) is 24.3. The molecule has 1 spiro atoms. The van der Waals surface area contributed by atoms with Crippen molar-refractivity contribution >= 4 is 28.7 Å². The number of likely N-dealkylation sites (tertiary alicyclic amines) is 1. The van der Waals surface area contributed by atoms with Gasteiger partial charge in [-0.1, -0.05) is 37.1 Å². The first-order valence-corrected chi connectivity index (χ1v) is 13.3. The third-order valence-electron chi connectivity index (χ3n) is 8.30. The van der Waals surface area contributed by atoms with Gasteiger partial charge in [0, 0.05) is 36.7 Å². The summed E-state index contributed by atoms with van der Waals surface area (Å²) in [5.41, 5.74) is 2.84. The lowest BCUT2D eigenvalue weighted by Crippen LogP contribution is -2.44. The predicted molar refractivity (Wildman–Crippen MR) is 136 cm³/mol. The molecule has 4 aliphatic rings. The number of nitrogens with zero attached hydrogens (tertiary/aromatic N) is 4. The monoisotopic (exact) mass is 482 g/mol. The lowest BCUT2D eigenvalue weighted by molar-refractivity contribution is -0.131. The number of benzene rings is 2. The third-order valence-corrected chi connectivity index (χ3v) is 8.30. The average molecular weight is 483 g/mol. The number of hydrogen-bond acceptors (Lipinski definition) is 5. The molecule has 7 heteroatoms. The van der Waals surface area contributed by atoms with Crippen molar-refractivity contribution in [3.05, 3.63) is 54.1 Å². The minimum Gasteiger partial charge on any atom is -0.436 e. The van der Waals surface area contributed by atoms with E-state index < -0.39 is 5.54 Å². The van der Waals surface area contributed by atoms with Crippen molar-refractivity contribution in [1.82, 2.24) is 14.8 Å². The van der Waals surface area contributed by atoms with Crippen LogP contribution in [-0.2, 0) is 9.59 Å². The number of rotatable bonds is 5. The Hall–Kier alpha value is -3.48. The molecule has 2 saturated carbocycles. The second-order valence-electron chi connectivity index (χ2n) is 10.9. The van der Waals surface area contributed by atoms with Gasteiger partial charge < -0.3 is 9.32 Å². The number of amidine groups is 1. The van der Waals surface area contributed by atoms with Crippen LogP contribution < -0.4 is 0 Å². The van der Waals surface area contributed by atoms with Gasteiger partial charge in [0.1, 0.15) is 16.9 Å². The lowest BCUT2D eigenvalue weighted by Gasteiger charge is -2.25. The molecular weight excluding hydrogens is 452 g/mol. The SMILES string of the molecule is O=C(C1CC1)N1CC[C@@H](CN2C(=O)C3(CCCC3)N=C2c2ccc(-c3nc4ccccc4o3)cc2)C1. The highest BCUT2D eigenvalue weighted by molar-refractivity contribution is 6.15. The molecule has 2 aliphatic carbocycles. The van der Waals surface area contributed by atoms with E-state index in [0.29, 0.717) is 18.3 Å². The summed E-state index contributed by atoms with van der Waals surface area (Å²) in [6.45, 7) is 2.18. The molecule has 3 heterocycles. The standard InChI is InChI=1S/C29H30N4O3/c34-27(22-11-12-22)32-16-13-19(17-32)18-33-25(31-29(28(33)35)14-3-4-15-29)20-7-9-21(10-8-20)26-30-23-5-1-2-6-24(23)36-26/h1-2,5-10,19,22H,3-4,11-18H2/t19-/m1/s1. The number of oxazole rings is 1. The third kappa shape index (κ3) is 3.64. The van der Waals surface area contributed by atoms with Crippen LogP contribution in [-0.4, -0.2) is 57.6 Å². The number of aromatic nitrogens is 1. The van der Waals surface area contributed by atoms with Crippen molar-refractivity contribution in [2.75, 3.05) is 19.6 Å². The van der Waals surface area contributed by atoms with Crippen molar-refractivity contribution in [3.63, 3.8) is 0 Å². The van der Waals surface area contributed by atoms with Crippen LogP contribution in [0, 0.1) is 11.8 Å². The second kappa shape index (κ2) is 8.29. The summed E-state index contributed by atoms with van der Waals surface area (Å²) < 4.78 is 5.93. The van der Waals surface area contributed by atoms with Gasteiger partial charge in [0.05, 0.1) is 0 Å². The van der Waals surface area contributed by atoms with E-state index in [4.69, 9.17) is 9.41 Å². The van der Waals surface area contributed by atoms with Crippen LogP contribution in [0.5, 0.6) is 0 Å². The van der Waals surface area contributed by atoms with Gasteiger partial charge in [-0.25, -0.2) is 4.98 Å². The van der Waals surface area contributed by atoms with E-state index in [2.05, 4.69) is 4.98 Å². The molecule has 1 saturated heterocycles. The van der Waals surface area contributed by atoms with Crippen molar-refractivity contribution in [1.29, 1.82) is 0 Å². The Balaban J connectivity index is 1.15. The minimum absolute atomic E-state index is 0.144. The van der Waals surface area contributed by atoms with E-state index in [1.54, 1.807) is 0 Å². The summed E-state index contributed by atoms with van der Waals surface area (Å²) in [5.74, 6) is 2.35. The maximum atomic E-state index is 13.7. The molecule has 7 nitrogen and oxygen atoms in total. The van der Waals surface area contributed by atoms with Crippen molar-refractivity contribution < 1.29 is 14.0 Å². The van der Waals surface area contributed by atoms with E-state index >= 15 is 0 Å². The first kappa shape index (κ1) is 21.8. The van der Waals surface area contributed by atoms with Crippen LogP contribution in [0.1, 0.15) is 50.5 Å². The lowest BCUT2D eigenvalue weighted by atomic mass is 9.97. The summed E-state index contributed by atoms with van der Waals surface area (Å²) in [7, 11) is 0. The van der Waals surface area contributed by atoms with Crippen LogP contribution in [0.15, 0.2) is 57.9 Å². The molecule has 7 rings (SSSR count). The fourth-order valence-corrected chi connectivity index (χ4v) is 6.12. The Morgan fingerprint density at radius 2 is 1.75 bits per heavy atom. The molecule has 3 aromatic rings. The maximum absolute atomic E-state index is 13.7. The predicted octanol–water partition coefficient (Wildman–Crippen LogP) is 4.65. The first-order chi connectivity index (χ1) is 17.6. The highest BCUT2D eigenvalue weighted by Gasteiger charge is 2.50. The van der Waals surface area contributed by atoms with E-state index in [9.17, 15) is 9.59 Å². The van der Waals surface area contributed by atoms with Crippen molar-refractivity contribution in [2.45, 2.75) is 50.5 Å². The normalized spacial score (nSPS) is 23.3. The number of amides is 2. The number of fused-ring (bicyclic) bond motifs is 1. The minimum atomic E-state index is -0.601. The van der Waals surface area contributed by atoms with Crippen LogP contribution in [0.25, 0.3) is 22.6 Å². The zero-order valence-electron chi connectivity index (χ0n) is 20.4. The molecule has 3 fully saturated rings. The Bertz CT molecular complexity index is 1330. The van der Waals surface area contributed by atoms with Crippen LogP contribution in [0.3, 0.4) is 0 Å². The van der Waals surface area contributed by atoms with E-state index in [1.165, 1.54) is 0 Å². The van der Waals surface area contributed by atoms with E-state index in [1.807, 2.05) is 58.3 Å². The molecule has 0 bridgehead atoms. The summed E-state index contributed by atoms with van der Waals surface area (Å²) in [5, 5.41) is 0. The number of carbonyl (C=O) groups is 2. The van der Waals surface area contributed by atoms with Crippen LogP contribution in [0.4, 0.5) is 0 Å². The summed E-state index contributed by atoms with van der Waals surface area (Å²) in [6, 6.07) is 15.8. The zero-order valence-corrected chi connectivity index (χ0v) is 20.4. The fraction of sp³-hybridized carbons (Fsp3) is 0.448. The number of aliphatic imine (C=N–C) groups is 1. The maximum Gasteiger partial charge on any atom is 0.256 e. The first-order valence-electron chi connectivity index (χ1n) is 13.3. The van der Waals surface area contributed by atoms with Crippen molar-refractivity contribution in [3.8, 4) is 11.5 Å². The Morgan fingerprint density at radius 1 is 1.00 bits per heavy atom. The molecule has 0 radical (unpaired) electrons. The van der Waals surface area contributed by atoms with Crippen molar-refractivity contribution in [2.24, 2.45) is 16.8 Å². The number of carbonyl (C=O) groups excluding carboxylic acids is 2. The summed E-state index contributed by atoms with van der Waals surface area (Å²) >= 11 is 0. The quantitative estimate of drug-likeness (QED) is 0.530. The van der Waals surface area contributed by atoms with Gasteiger partial charge in [-0.15, -0.1) is 0 Å². The second-order valence-corrected chi connectivity index (χ2v) is 10.9. The van der Waals surface area contributed by atoms with Gasteiger partial charge >= 0.3 is 0 Å². The number of hydrogen-bond donors (Lipinski definition) is 0. The van der Waals surface area contributed by atoms with Gasteiger partial charge in [0.25, 0.3) is 5.91 Å². The smallest absolute Gasteiger partial charge is 0.256 e. The highest BCUT2D eigenvalue weighted by Crippen LogP contribution is 2.41. The summed E-state index contributed by atoms with van der Waals surface area (Å²) in [6.07, 6.45) is 6.74. The molecule has 1 aromatic heterocycles. The molecule has 2 aromatic carbocycles. The van der Waals surface area contributed by atoms with Gasteiger partial charge in [0.2, 0.25) is 11.8 Å². The van der Waals surface area contributed by atoms with Crippen LogP contribution >= 0.6 is 0 Å². The largest absolute Gasteiger partial charge is 0.436 e. The van der Waals surface area contributed by atoms with Gasteiger partial charge in [-0.2, -0.15) is 0 Å². The summed E-state index contributed by atoms with van der Waals surface area (Å²) in [4.78, 5) is 39.9. The Morgan fingerprint density at radius 3 is 2.50 bits per heavy atom. The highest BCUT2D eigenvalue weighted by atomic mass is 16.3. The topological polar surface area (TPSA) is 79.0 Å². The molecule has 2 aliphatic heterocycles. The molecular formula is C29H30N4O3. The van der Waals surface area contributed by atoms with E-state index in [-0.39, 0.29) is 17.7 Å². The van der Waals surface area contributed by atoms with Gasteiger partial charge in [-0.05, 0) is 62.3 Å². The molecule has 1 atom stereocenters. The molecule has 0 unspecified atom stereocenters. The average Bonchev–Trinajstić information content (AvgIpc) is 3.25. The van der Waals surface area contributed by atoms with E-state index in [0.717, 1.165) is 86.1 Å². The molecule has 2 amide bonds. The molecule has 184 valence electrons. The Labute approximate surface area is 210 Å².